The summed E-state index contributed by atoms with van der Waals surface area (Å²) >= 11 is 0. The van der Waals surface area contributed by atoms with Crippen molar-refractivity contribution < 1.29 is 19.4 Å². The molecule has 1 fully saturated rings. The molecule has 0 aromatic carbocycles. The lowest BCUT2D eigenvalue weighted by Gasteiger charge is -2.36. The van der Waals surface area contributed by atoms with Crippen molar-refractivity contribution in [3.05, 3.63) is 17.7 Å². The number of carboxylic acid groups (broad SMARTS) is 1. The molecule has 2 rings (SSSR count). The highest BCUT2D eigenvalue weighted by Gasteiger charge is 2.56. The Kier molecular flexibility index (Phi) is 2.94. The van der Waals surface area contributed by atoms with E-state index in [4.69, 9.17) is 9.84 Å². The molecule has 0 amide bonds. The zero-order valence-electron chi connectivity index (χ0n) is 9.97. The summed E-state index contributed by atoms with van der Waals surface area (Å²) in [6, 6.07) is 0. The Morgan fingerprint density at radius 1 is 1.65 bits per heavy atom. The highest BCUT2D eigenvalue weighted by atomic mass is 16.5. The molecule has 4 heteroatoms. The van der Waals surface area contributed by atoms with Crippen LogP contribution in [0.4, 0.5) is 0 Å². The van der Waals surface area contributed by atoms with Crippen LogP contribution in [0.25, 0.3) is 0 Å². The fourth-order valence-electron chi connectivity index (χ4n) is 3.00. The maximum atomic E-state index is 11.1. The topological polar surface area (TPSA) is 63.6 Å². The van der Waals surface area contributed by atoms with Gasteiger partial charge >= 0.3 is 5.97 Å². The monoisotopic (exact) mass is 236 g/mol. The van der Waals surface area contributed by atoms with E-state index < -0.39 is 11.6 Å². The van der Waals surface area contributed by atoms with Gasteiger partial charge in [-0.15, -0.1) is 0 Å². The molecule has 92 valence electrons. The van der Waals surface area contributed by atoms with Crippen LogP contribution in [0.2, 0.25) is 0 Å². The highest BCUT2D eigenvalue weighted by Crippen LogP contribution is 2.53. The molecule has 3 atom stereocenters. The van der Waals surface area contributed by atoms with E-state index in [9.17, 15) is 9.59 Å². The molecule has 0 aromatic rings. The maximum Gasteiger partial charge on any atom is 0.306 e. The molecule has 1 N–H and O–H groups in total. The van der Waals surface area contributed by atoms with Crippen LogP contribution in [0.3, 0.4) is 0 Å². The number of hydrogen-bond acceptors (Lipinski definition) is 3. The molecule has 0 aliphatic heterocycles. The number of aliphatic carboxylic acids is 1. The van der Waals surface area contributed by atoms with E-state index >= 15 is 0 Å². The van der Waals surface area contributed by atoms with E-state index in [1.807, 2.05) is 31.9 Å². The Morgan fingerprint density at radius 2 is 2.35 bits per heavy atom. The normalized spacial score (nSPS) is 34.4. The first-order valence-corrected chi connectivity index (χ1v) is 5.83. The van der Waals surface area contributed by atoms with Crippen molar-refractivity contribution in [2.75, 3.05) is 0 Å². The van der Waals surface area contributed by atoms with E-state index in [1.165, 1.54) is 0 Å². The summed E-state index contributed by atoms with van der Waals surface area (Å²) in [5.41, 5.74) is -0.498. The third kappa shape index (κ3) is 1.84. The molecule has 1 saturated carbocycles. The highest BCUT2D eigenvalue weighted by molar-refractivity contribution is 5.73. The summed E-state index contributed by atoms with van der Waals surface area (Å²) < 4.78 is 5.82. The number of hydrogen-bond donors (Lipinski definition) is 1. The van der Waals surface area contributed by atoms with E-state index in [0.717, 1.165) is 6.42 Å². The second kappa shape index (κ2) is 4.13. The first-order chi connectivity index (χ1) is 7.99. The number of carbonyl (C=O) groups is 1. The third-order valence-electron chi connectivity index (χ3n) is 3.48. The molecular weight excluding hydrogens is 220 g/mol. The summed E-state index contributed by atoms with van der Waals surface area (Å²) in [6.07, 6.45) is 4.41. The quantitative estimate of drug-likeness (QED) is 0.594. The number of allylic oxidation sites excluding steroid dienone is 1. The number of carboxylic acids is 1. The lowest BCUT2D eigenvalue weighted by molar-refractivity contribution is -0.147. The number of rotatable bonds is 4. The second-order valence-corrected chi connectivity index (χ2v) is 4.98. The molecule has 0 heterocycles. The molecule has 17 heavy (non-hydrogen) atoms. The van der Waals surface area contributed by atoms with Gasteiger partial charge in [-0.25, -0.2) is 4.79 Å². The molecule has 0 saturated heterocycles. The minimum Gasteiger partial charge on any atom is -0.481 e. The van der Waals surface area contributed by atoms with Crippen molar-refractivity contribution in [3.8, 4) is 0 Å². The first-order valence-electron chi connectivity index (χ1n) is 5.83. The van der Waals surface area contributed by atoms with Gasteiger partial charge in [0.1, 0.15) is 11.5 Å². The van der Waals surface area contributed by atoms with Gasteiger partial charge < -0.3 is 9.84 Å². The van der Waals surface area contributed by atoms with E-state index in [2.05, 4.69) is 0 Å². The molecule has 4 nitrogen and oxygen atoms in total. The average Bonchev–Trinajstić information content (AvgIpc) is 2.74. The van der Waals surface area contributed by atoms with Crippen molar-refractivity contribution >= 4 is 11.9 Å². The summed E-state index contributed by atoms with van der Waals surface area (Å²) in [5, 5.41) is 9.05. The Hall–Kier alpha value is -1.38. The molecule has 0 spiro atoms. The van der Waals surface area contributed by atoms with E-state index in [1.54, 1.807) is 0 Å². The standard InChI is InChI=1S/C13H16O4/c1-8(2)17-13(6-12(15)16)10-4-3-9(5-10)11(13)7-14/h3-4,8-10H,5-6H2,1-2H3,(H,15,16). The minimum atomic E-state index is -0.971. The van der Waals surface area contributed by atoms with Gasteiger partial charge in [0.2, 0.25) is 0 Å². The molecule has 2 aliphatic carbocycles. The van der Waals surface area contributed by atoms with Gasteiger partial charge in [0, 0.05) is 11.8 Å². The van der Waals surface area contributed by atoms with Crippen molar-refractivity contribution in [2.24, 2.45) is 11.8 Å². The van der Waals surface area contributed by atoms with Crippen LogP contribution < -0.4 is 0 Å². The summed E-state index contributed by atoms with van der Waals surface area (Å²) in [5.74, 6) is 0.977. The van der Waals surface area contributed by atoms with Crippen LogP contribution in [0.5, 0.6) is 0 Å². The summed E-state index contributed by atoms with van der Waals surface area (Å²) in [7, 11) is 0. The minimum absolute atomic E-state index is 0.00981. The largest absolute Gasteiger partial charge is 0.481 e. The van der Waals surface area contributed by atoms with E-state index in [0.29, 0.717) is 5.57 Å². The van der Waals surface area contributed by atoms with Crippen LogP contribution in [0, 0.1) is 11.8 Å². The van der Waals surface area contributed by atoms with Gasteiger partial charge in [0.25, 0.3) is 0 Å². The summed E-state index contributed by atoms with van der Waals surface area (Å²) in [6.45, 7) is 3.70. The Balaban J connectivity index is 2.42. The molecule has 3 unspecified atom stereocenters. The number of ether oxygens (including phenoxy) is 1. The van der Waals surface area contributed by atoms with Gasteiger partial charge in [-0.1, -0.05) is 12.2 Å². The van der Waals surface area contributed by atoms with Crippen LogP contribution in [-0.2, 0) is 14.3 Å². The zero-order valence-corrected chi connectivity index (χ0v) is 9.97. The number of fused-ring (bicyclic) bond motifs is 2. The van der Waals surface area contributed by atoms with Crippen LogP contribution in [-0.4, -0.2) is 28.7 Å². The van der Waals surface area contributed by atoms with E-state index in [-0.39, 0.29) is 24.4 Å². The Morgan fingerprint density at radius 3 is 2.88 bits per heavy atom. The summed E-state index contributed by atoms with van der Waals surface area (Å²) in [4.78, 5) is 22.1. The fourth-order valence-corrected chi connectivity index (χ4v) is 3.00. The van der Waals surface area contributed by atoms with Crippen molar-refractivity contribution in [2.45, 2.75) is 38.4 Å². The fraction of sp³-hybridized carbons (Fsp3) is 0.615. The van der Waals surface area contributed by atoms with Crippen molar-refractivity contribution in [1.82, 2.24) is 0 Å². The Bertz CT molecular complexity index is 417. The van der Waals surface area contributed by atoms with Crippen LogP contribution in [0.15, 0.2) is 17.7 Å². The zero-order chi connectivity index (χ0) is 12.6. The maximum absolute atomic E-state index is 11.1. The van der Waals surface area contributed by atoms with Gasteiger partial charge in [-0.2, -0.15) is 0 Å². The predicted molar refractivity (Wildman–Crippen MR) is 61.1 cm³/mol. The smallest absolute Gasteiger partial charge is 0.306 e. The molecular formula is C13H16O4. The first kappa shape index (κ1) is 12.1. The molecule has 2 bridgehead atoms. The number of carbonyl (C=O) groups excluding carboxylic acids is 1. The lowest BCUT2D eigenvalue weighted by atomic mass is 9.81. The lowest BCUT2D eigenvalue weighted by Crippen LogP contribution is -2.43. The van der Waals surface area contributed by atoms with Crippen LogP contribution in [0.1, 0.15) is 26.7 Å². The predicted octanol–water partition coefficient (Wildman–Crippen LogP) is 1.59. The molecule has 0 radical (unpaired) electrons. The van der Waals surface area contributed by atoms with Gasteiger partial charge in [-0.3, -0.25) is 4.79 Å². The van der Waals surface area contributed by atoms with Gasteiger partial charge in [0.05, 0.1) is 18.1 Å². The molecule has 0 aromatic heterocycles. The average molecular weight is 236 g/mol. The SMILES string of the molecule is CC(C)OC1(CC(=O)O)C(=C=O)C2C=CC1C2. The van der Waals surface area contributed by atoms with Gasteiger partial charge in [-0.05, 0) is 20.3 Å². The second-order valence-electron chi connectivity index (χ2n) is 4.98. The Labute approximate surface area is 100.0 Å². The van der Waals surface area contributed by atoms with Crippen molar-refractivity contribution in [3.63, 3.8) is 0 Å². The molecule has 2 aliphatic rings. The third-order valence-corrected chi connectivity index (χ3v) is 3.48. The van der Waals surface area contributed by atoms with Crippen molar-refractivity contribution in [1.29, 1.82) is 0 Å². The van der Waals surface area contributed by atoms with Crippen LogP contribution >= 0.6 is 0 Å². The van der Waals surface area contributed by atoms with Gasteiger partial charge in [0.15, 0.2) is 0 Å².